The van der Waals surface area contributed by atoms with E-state index < -0.39 is 11.1 Å². The summed E-state index contributed by atoms with van der Waals surface area (Å²) in [7, 11) is 3.99. The van der Waals surface area contributed by atoms with Crippen LogP contribution < -0.4 is 4.90 Å². The van der Waals surface area contributed by atoms with Gasteiger partial charge in [0.25, 0.3) is 0 Å². The van der Waals surface area contributed by atoms with Gasteiger partial charge in [-0.25, -0.2) is 4.98 Å². The van der Waals surface area contributed by atoms with E-state index in [4.69, 9.17) is 0 Å². The molecule has 0 bridgehead atoms. The maximum atomic E-state index is 12.5. The van der Waals surface area contributed by atoms with E-state index in [-0.39, 0.29) is 0 Å². The molecule has 0 aliphatic carbocycles. The first-order chi connectivity index (χ1) is 8.38. The highest BCUT2D eigenvalue weighted by molar-refractivity contribution is 7.15. The number of anilines is 1. The van der Waals surface area contributed by atoms with Crippen LogP contribution in [-0.4, -0.2) is 43.1 Å². The summed E-state index contributed by atoms with van der Waals surface area (Å²) >= 11 is 0.731. The van der Waals surface area contributed by atoms with Crippen molar-refractivity contribution in [1.82, 2.24) is 9.88 Å². The molecule has 1 fully saturated rings. The third-order valence-corrected chi connectivity index (χ3v) is 4.27. The minimum atomic E-state index is -4.29. The molecule has 0 aromatic carbocycles. The molecule has 1 aromatic rings. The van der Waals surface area contributed by atoms with Gasteiger partial charge in [0, 0.05) is 19.1 Å². The second kappa shape index (κ2) is 5.05. The monoisotopic (exact) mass is 279 g/mol. The van der Waals surface area contributed by atoms with Crippen LogP contribution in [0.1, 0.15) is 17.7 Å². The molecule has 102 valence electrons. The van der Waals surface area contributed by atoms with Gasteiger partial charge in [-0.3, -0.25) is 0 Å². The first-order valence-electron chi connectivity index (χ1n) is 5.82. The predicted molar refractivity (Wildman–Crippen MR) is 66.0 cm³/mol. The molecule has 2 rings (SSSR count). The zero-order chi connectivity index (χ0) is 13.3. The molecule has 1 aliphatic rings. The fraction of sp³-hybridized carbons (Fsp3) is 0.727. The molecular formula is C11H16F3N3S. The van der Waals surface area contributed by atoms with Gasteiger partial charge in [0.1, 0.15) is 4.88 Å². The van der Waals surface area contributed by atoms with Gasteiger partial charge in [-0.05, 0) is 26.9 Å². The largest absolute Gasteiger partial charge is 0.427 e. The van der Waals surface area contributed by atoms with Crippen molar-refractivity contribution in [2.45, 2.75) is 25.1 Å². The molecule has 2 heterocycles. The lowest BCUT2D eigenvalue weighted by atomic mass is 10.1. The van der Waals surface area contributed by atoms with Crippen LogP contribution in [0.5, 0.6) is 0 Å². The van der Waals surface area contributed by atoms with Crippen molar-refractivity contribution in [3.63, 3.8) is 0 Å². The smallest absolute Gasteiger partial charge is 0.347 e. The molecule has 1 aromatic heterocycles. The summed E-state index contributed by atoms with van der Waals surface area (Å²) in [5.74, 6) is 0. The standard InChI is InChI=1S/C11H16F3N3S/c1-16(2)8-4-3-5-17(7-8)10-15-6-9(18-10)11(12,13)14/h6,8H,3-5,7H2,1-2H3. The van der Waals surface area contributed by atoms with Crippen LogP contribution in [0.2, 0.25) is 0 Å². The predicted octanol–water partition coefficient (Wildman–Crippen LogP) is 2.69. The molecule has 0 radical (unpaired) electrons. The summed E-state index contributed by atoms with van der Waals surface area (Å²) in [4.78, 5) is 7.35. The van der Waals surface area contributed by atoms with Crippen molar-refractivity contribution in [3.05, 3.63) is 11.1 Å². The van der Waals surface area contributed by atoms with Crippen LogP contribution in [0.3, 0.4) is 0 Å². The van der Waals surface area contributed by atoms with Crippen LogP contribution in [-0.2, 0) is 6.18 Å². The van der Waals surface area contributed by atoms with Crippen molar-refractivity contribution < 1.29 is 13.2 Å². The lowest BCUT2D eigenvalue weighted by Crippen LogP contribution is -2.45. The maximum Gasteiger partial charge on any atom is 0.427 e. The minimum absolute atomic E-state index is 0.386. The zero-order valence-corrected chi connectivity index (χ0v) is 11.2. The lowest BCUT2D eigenvalue weighted by molar-refractivity contribution is -0.134. The number of rotatable bonds is 2. The summed E-state index contributed by atoms with van der Waals surface area (Å²) in [6, 6.07) is 0.386. The summed E-state index contributed by atoms with van der Waals surface area (Å²) in [6.45, 7) is 1.53. The topological polar surface area (TPSA) is 19.4 Å². The Kier molecular flexibility index (Phi) is 3.82. The first-order valence-corrected chi connectivity index (χ1v) is 6.64. The van der Waals surface area contributed by atoms with Crippen molar-refractivity contribution >= 4 is 16.5 Å². The van der Waals surface area contributed by atoms with E-state index >= 15 is 0 Å². The molecule has 0 saturated carbocycles. The summed E-state index contributed by atoms with van der Waals surface area (Å²) < 4.78 is 37.6. The molecular weight excluding hydrogens is 263 g/mol. The Morgan fingerprint density at radius 2 is 2.17 bits per heavy atom. The number of hydrogen-bond donors (Lipinski definition) is 0. The molecule has 1 atom stereocenters. The number of likely N-dealkylation sites (N-methyl/N-ethyl adjacent to an activating group) is 1. The molecule has 0 N–H and O–H groups in total. The van der Waals surface area contributed by atoms with Crippen LogP contribution in [0.4, 0.5) is 18.3 Å². The molecule has 1 unspecified atom stereocenters. The average Bonchev–Trinajstić information content (AvgIpc) is 2.78. The third kappa shape index (κ3) is 2.95. The van der Waals surface area contributed by atoms with Crippen molar-refractivity contribution in [2.24, 2.45) is 0 Å². The van der Waals surface area contributed by atoms with Crippen LogP contribution >= 0.6 is 11.3 Å². The average molecular weight is 279 g/mol. The van der Waals surface area contributed by atoms with Gasteiger partial charge in [0.05, 0.1) is 6.20 Å². The Morgan fingerprint density at radius 1 is 1.44 bits per heavy atom. The summed E-state index contributed by atoms with van der Waals surface area (Å²) in [6.07, 6.45) is -1.28. The van der Waals surface area contributed by atoms with E-state index in [2.05, 4.69) is 9.88 Å². The van der Waals surface area contributed by atoms with Gasteiger partial charge >= 0.3 is 6.18 Å². The van der Waals surface area contributed by atoms with Gasteiger partial charge in [-0.2, -0.15) is 13.2 Å². The molecule has 18 heavy (non-hydrogen) atoms. The van der Waals surface area contributed by atoms with Gasteiger partial charge in [0.15, 0.2) is 5.13 Å². The van der Waals surface area contributed by atoms with E-state index in [1.807, 2.05) is 19.0 Å². The number of nitrogens with zero attached hydrogens (tertiary/aromatic N) is 3. The summed E-state index contributed by atoms with van der Waals surface area (Å²) in [5.41, 5.74) is 0. The molecule has 3 nitrogen and oxygen atoms in total. The van der Waals surface area contributed by atoms with E-state index in [0.717, 1.165) is 43.5 Å². The summed E-state index contributed by atoms with van der Waals surface area (Å²) in [5, 5.41) is 0.480. The van der Waals surface area contributed by atoms with Crippen LogP contribution in [0.25, 0.3) is 0 Å². The Bertz CT molecular complexity index is 402. The normalized spacial score (nSPS) is 21.7. The van der Waals surface area contributed by atoms with Crippen LogP contribution in [0, 0.1) is 0 Å². The fourth-order valence-electron chi connectivity index (χ4n) is 2.09. The first kappa shape index (κ1) is 13.6. The Balaban J connectivity index is 2.09. The highest BCUT2D eigenvalue weighted by atomic mass is 32.1. The van der Waals surface area contributed by atoms with Gasteiger partial charge < -0.3 is 9.80 Å². The minimum Gasteiger partial charge on any atom is -0.347 e. The maximum absolute atomic E-state index is 12.5. The number of aromatic nitrogens is 1. The SMILES string of the molecule is CN(C)C1CCCN(c2ncc(C(F)(F)F)s2)C1. The number of halogens is 3. The number of thiazole rings is 1. The Hall–Kier alpha value is -0.820. The highest BCUT2D eigenvalue weighted by Gasteiger charge is 2.34. The number of hydrogen-bond acceptors (Lipinski definition) is 4. The van der Waals surface area contributed by atoms with Crippen molar-refractivity contribution in [1.29, 1.82) is 0 Å². The highest BCUT2D eigenvalue weighted by Crippen LogP contribution is 2.37. The lowest BCUT2D eigenvalue weighted by Gasteiger charge is -2.35. The Labute approximate surface area is 108 Å². The van der Waals surface area contributed by atoms with E-state index in [9.17, 15) is 13.2 Å². The molecule has 0 amide bonds. The second-order valence-electron chi connectivity index (χ2n) is 4.71. The molecule has 1 saturated heterocycles. The second-order valence-corrected chi connectivity index (χ2v) is 5.72. The van der Waals surface area contributed by atoms with Crippen LogP contribution in [0.15, 0.2) is 6.20 Å². The molecule has 7 heteroatoms. The van der Waals surface area contributed by atoms with E-state index in [1.165, 1.54) is 0 Å². The van der Waals surface area contributed by atoms with Gasteiger partial charge in [-0.1, -0.05) is 11.3 Å². The number of piperidine rings is 1. The quantitative estimate of drug-likeness (QED) is 0.829. The third-order valence-electron chi connectivity index (χ3n) is 3.17. The Morgan fingerprint density at radius 3 is 2.72 bits per heavy atom. The van der Waals surface area contributed by atoms with E-state index in [0.29, 0.717) is 11.2 Å². The molecule has 1 aliphatic heterocycles. The van der Waals surface area contributed by atoms with Crippen molar-refractivity contribution in [2.75, 3.05) is 32.1 Å². The van der Waals surface area contributed by atoms with E-state index in [1.54, 1.807) is 0 Å². The fourth-order valence-corrected chi connectivity index (χ4v) is 2.91. The molecule has 0 spiro atoms. The van der Waals surface area contributed by atoms with Gasteiger partial charge in [0.2, 0.25) is 0 Å². The van der Waals surface area contributed by atoms with Gasteiger partial charge in [-0.15, -0.1) is 0 Å². The number of alkyl halides is 3. The van der Waals surface area contributed by atoms with Crippen molar-refractivity contribution in [3.8, 4) is 0 Å². The zero-order valence-electron chi connectivity index (χ0n) is 10.4.